The number of carboxylic acid groups (broad SMARTS) is 1. The number of nitrogens with one attached hydrogen (secondary N) is 1. The molecule has 0 saturated carbocycles. The Morgan fingerprint density at radius 3 is 2.40 bits per heavy atom. The summed E-state index contributed by atoms with van der Waals surface area (Å²) in [6, 6.07) is 18.3. The predicted octanol–water partition coefficient (Wildman–Crippen LogP) is 6.57. The maximum atomic E-state index is 11.7. The van der Waals surface area contributed by atoms with Crippen molar-refractivity contribution >= 4 is 34.8 Å². The number of carbonyl (C=O) groups is 2. The summed E-state index contributed by atoms with van der Waals surface area (Å²) in [7, 11) is 0. The van der Waals surface area contributed by atoms with E-state index in [2.05, 4.69) is 46.4 Å². The van der Waals surface area contributed by atoms with Gasteiger partial charge in [-0.1, -0.05) is 99.2 Å². The van der Waals surface area contributed by atoms with Crippen molar-refractivity contribution in [1.82, 2.24) is 4.98 Å². The molecule has 40 heavy (non-hydrogen) atoms. The van der Waals surface area contributed by atoms with Crippen LogP contribution in [0.1, 0.15) is 69.8 Å². The van der Waals surface area contributed by atoms with Crippen LogP contribution in [0.15, 0.2) is 77.4 Å². The number of aldehydes is 1. The monoisotopic (exact) mass is 544 g/mol. The Hall–Kier alpha value is -4.07. The Morgan fingerprint density at radius 2 is 1.73 bits per heavy atom. The molecule has 1 aromatic heterocycles. The molecule has 0 spiro atoms. The molecule has 0 unspecified atom stereocenters. The minimum Gasteiger partial charge on any atom is -0.478 e. The number of hydrogen-bond donors (Lipinski definition) is 4. The van der Waals surface area contributed by atoms with Crippen LogP contribution in [-0.2, 0) is 9.59 Å². The first-order valence-corrected chi connectivity index (χ1v) is 14.1. The molecular weight excluding hydrogens is 502 g/mol. The molecule has 2 aromatic carbocycles. The standard InChI is InChI=1S/C32H42N5O3/c1-23(22-38)9-4-2-3-5-10-25(27-15-14-24-11-6-7-12-26(24)19-27)16-17-29(37-30-13-8-18-35-30)28(20-31(39)40)21-36-32(33)34/h6-8,11-15,18-20,22-23,25,29,35H,2-5,9-10,16-17,21H2,1H3,(H,39,40)(H4,33,34,36)/q-1/b28-20+/t23-,25+,29+/m0/s1. The molecule has 0 radical (unpaired) electrons. The Balaban J connectivity index is 1.79. The summed E-state index contributed by atoms with van der Waals surface area (Å²) in [6.45, 7) is 2.04. The van der Waals surface area contributed by atoms with Crippen molar-refractivity contribution in [3.8, 4) is 0 Å². The summed E-state index contributed by atoms with van der Waals surface area (Å²) < 4.78 is 0. The Morgan fingerprint density at radius 1 is 0.975 bits per heavy atom. The van der Waals surface area contributed by atoms with Gasteiger partial charge in [-0.2, -0.15) is 0 Å². The van der Waals surface area contributed by atoms with Crippen LogP contribution in [0.5, 0.6) is 0 Å². The number of H-pyrrole nitrogens is 1. The number of fused-ring (bicyclic) bond motifs is 1. The number of aromatic amines is 1. The molecule has 0 fully saturated rings. The van der Waals surface area contributed by atoms with E-state index in [9.17, 15) is 14.7 Å². The predicted molar refractivity (Wildman–Crippen MR) is 163 cm³/mol. The Bertz CT molecular complexity index is 1260. The van der Waals surface area contributed by atoms with Crippen molar-refractivity contribution in [3.63, 3.8) is 0 Å². The number of nitrogens with zero attached hydrogens (tertiary/aromatic N) is 2. The van der Waals surface area contributed by atoms with Crippen LogP contribution in [0, 0.1) is 5.92 Å². The maximum absolute atomic E-state index is 11.7. The third-order valence-electron chi connectivity index (χ3n) is 7.29. The molecular formula is C32H42N5O3-. The molecule has 3 aromatic rings. The van der Waals surface area contributed by atoms with Crippen LogP contribution in [0.4, 0.5) is 5.82 Å². The van der Waals surface area contributed by atoms with Gasteiger partial charge in [-0.15, -0.1) is 0 Å². The van der Waals surface area contributed by atoms with Crippen LogP contribution in [0.3, 0.4) is 0 Å². The Kier molecular flexibility index (Phi) is 12.3. The van der Waals surface area contributed by atoms with Crippen molar-refractivity contribution in [2.24, 2.45) is 22.4 Å². The van der Waals surface area contributed by atoms with Gasteiger partial charge in [0, 0.05) is 12.0 Å². The second-order valence-corrected chi connectivity index (χ2v) is 10.5. The summed E-state index contributed by atoms with van der Waals surface area (Å²) >= 11 is 0. The first kappa shape index (κ1) is 30.5. The minimum atomic E-state index is -1.05. The number of unbranched alkanes of at least 4 members (excludes halogenated alkanes) is 3. The van der Waals surface area contributed by atoms with Gasteiger partial charge in [0.25, 0.3) is 0 Å². The SMILES string of the molecule is C[C@H](C=O)CCCCCC[C@H](CC[C@@H]([N-]c1ccc[nH]1)/C(=C/C(=O)O)CN=C(N)N)c1ccc2ccccc2c1. The molecule has 0 bridgehead atoms. The first-order valence-electron chi connectivity index (χ1n) is 14.1. The van der Waals surface area contributed by atoms with Crippen LogP contribution in [-0.4, -0.2) is 40.9 Å². The van der Waals surface area contributed by atoms with E-state index in [-0.39, 0.29) is 24.3 Å². The number of nitrogens with two attached hydrogens (primary N) is 2. The molecule has 8 heteroatoms. The lowest BCUT2D eigenvalue weighted by Crippen LogP contribution is -2.24. The lowest BCUT2D eigenvalue weighted by atomic mass is 9.85. The van der Waals surface area contributed by atoms with Gasteiger partial charge >= 0.3 is 5.97 Å². The van der Waals surface area contributed by atoms with Crippen LogP contribution < -0.4 is 11.5 Å². The molecule has 214 valence electrons. The molecule has 1 heterocycles. The van der Waals surface area contributed by atoms with Crippen molar-refractivity contribution < 1.29 is 14.7 Å². The molecule has 0 aliphatic rings. The number of guanidine groups is 1. The second-order valence-electron chi connectivity index (χ2n) is 10.5. The van der Waals surface area contributed by atoms with E-state index in [4.69, 9.17) is 16.8 Å². The van der Waals surface area contributed by atoms with Gasteiger partial charge < -0.3 is 31.7 Å². The van der Waals surface area contributed by atoms with Crippen LogP contribution >= 0.6 is 0 Å². The maximum Gasteiger partial charge on any atom is 0.328 e. The van der Waals surface area contributed by atoms with Crippen LogP contribution in [0.25, 0.3) is 16.1 Å². The van der Waals surface area contributed by atoms with E-state index in [1.165, 1.54) is 22.4 Å². The topological polar surface area (TPSA) is 149 Å². The lowest BCUT2D eigenvalue weighted by Gasteiger charge is -2.29. The van der Waals surface area contributed by atoms with Crippen molar-refractivity contribution in [2.75, 3.05) is 6.54 Å². The molecule has 0 aliphatic carbocycles. The molecule has 3 atom stereocenters. The van der Waals surface area contributed by atoms with E-state index >= 15 is 0 Å². The molecule has 0 aliphatic heterocycles. The van der Waals surface area contributed by atoms with E-state index in [1.54, 1.807) is 6.20 Å². The summed E-state index contributed by atoms with van der Waals surface area (Å²) in [5.74, 6) is -0.0570. The number of hydrogen-bond acceptors (Lipinski definition) is 3. The Labute approximate surface area is 237 Å². The summed E-state index contributed by atoms with van der Waals surface area (Å²) in [4.78, 5) is 29.8. The third kappa shape index (κ3) is 10.2. The highest BCUT2D eigenvalue weighted by Crippen LogP contribution is 2.34. The fourth-order valence-corrected chi connectivity index (χ4v) is 5.07. The number of rotatable bonds is 18. The van der Waals surface area contributed by atoms with E-state index in [1.807, 2.05) is 25.1 Å². The molecule has 8 nitrogen and oxygen atoms in total. The van der Waals surface area contributed by atoms with Gasteiger partial charge in [0.15, 0.2) is 5.96 Å². The number of carboxylic acids is 1. The van der Waals surface area contributed by atoms with Crippen molar-refractivity contribution in [1.29, 1.82) is 0 Å². The zero-order chi connectivity index (χ0) is 28.7. The average molecular weight is 545 g/mol. The van der Waals surface area contributed by atoms with Gasteiger partial charge in [-0.05, 0) is 59.6 Å². The van der Waals surface area contributed by atoms with Gasteiger partial charge in [0.05, 0.1) is 6.54 Å². The summed E-state index contributed by atoms with van der Waals surface area (Å²) in [5.41, 5.74) is 13.0. The second kappa shape index (κ2) is 16.1. The quantitative estimate of drug-likeness (QED) is 0.0470. The van der Waals surface area contributed by atoms with Gasteiger partial charge in [-0.3, -0.25) is 0 Å². The fourth-order valence-electron chi connectivity index (χ4n) is 5.07. The summed E-state index contributed by atoms with van der Waals surface area (Å²) in [5, 5.41) is 16.8. The highest BCUT2D eigenvalue weighted by molar-refractivity contribution is 5.83. The lowest BCUT2D eigenvalue weighted by molar-refractivity contribution is -0.131. The zero-order valence-corrected chi connectivity index (χ0v) is 23.3. The molecule has 3 rings (SSSR count). The third-order valence-corrected chi connectivity index (χ3v) is 7.29. The highest BCUT2D eigenvalue weighted by Gasteiger charge is 2.18. The van der Waals surface area contributed by atoms with Gasteiger partial charge in [0.2, 0.25) is 0 Å². The van der Waals surface area contributed by atoms with Crippen LogP contribution in [0.2, 0.25) is 0 Å². The average Bonchev–Trinajstić information content (AvgIpc) is 3.46. The highest BCUT2D eigenvalue weighted by atomic mass is 16.4. The normalized spacial score (nSPS) is 13.9. The molecule has 6 N–H and O–H groups in total. The summed E-state index contributed by atoms with van der Waals surface area (Å²) in [6.07, 6.45) is 11.8. The van der Waals surface area contributed by atoms with Crippen molar-refractivity contribution in [2.45, 2.75) is 70.3 Å². The van der Waals surface area contributed by atoms with Gasteiger partial charge in [0.1, 0.15) is 6.29 Å². The number of aliphatic imine (C=N–C) groups is 1. The number of aromatic nitrogens is 1. The van der Waals surface area contributed by atoms with Gasteiger partial charge in [-0.25, -0.2) is 9.79 Å². The minimum absolute atomic E-state index is 0.0728. The smallest absolute Gasteiger partial charge is 0.328 e. The fraction of sp³-hybridized carbons (Fsp3) is 0.406. The van der Waals surface area contributed by atoms with E-state index in [0.717, 1.165) is 51.2 Å². The number of aliphatic carboxylic acids is 1. The van der Waals surface area contributed by atoms with E-state index < -0.39 is 12.0 Å². The zero-order valence-electron chi connectivity index (χ0n) is 23.3. The largest absolute Gasteiger partial charge is 0.478 e. The molecule has 0 saturated heterocycles. The first-order chi connectivity index (χ1) is 19.4. The number of benzene rings is 2. The molecule has 0 amide bonds. The van der Waals surface area contributed by atoms with E-state index in [0.29, 0.717) is 17.8 Å². The number of carbonyl (C=O) groups excluding carboxylic acids is 1. The van der Waals surface area contributed by atoms with Crippen molar-refractivity contribution in [3.05, 3.63) is 83.3 Å².